The maximum Gasteiger partial charge on any atom is 0.256 e. The number of amides is 2. The Morgan fingerprint density at radius 1 is 1.18 bits per heavy atom. The van der Waals surface area contributed by atoms with Crippen LogP contribution in [-0.2, 0) is 4.79 Å². The van der Waals surface area contributed by atoms with Crippen LogP contribution in [0.25, 0.3) is 21.1 Å². The third kappa shape index (κ3) is 2.75. The van der Waals surface area contributed by atoms with Crippen molar-refractivity contribution in [2.75, 3.05) is 18.4 Å². The number of para-hydroxylation sites is 2. The average Bonchev–Trinajstić information content (AvgIpc) is 3.24. The summed E-state index contributed by atoms with van der Waals surface area (Å²) in [5.41, 5.74) is 3.60. The van der Waals surface area contributed by atoms with Gasteiger partial charge in [0.25, 0.3) is 5.91 Å². The van der Waals surface area contributed by atoms with Gasteiger partial charge in [0.15, 0.2) is 5.13 Å². The number of fused-ring (bicyclic) bond motifs is 2. The zero-order chi connectivity index (χ0) is 19.3. The molecular weight excluding hydrogens is 372 g/mol. The Morgan fingerprint density at radius 2 is 2.00 bits per heavy atom. The molecule has 2 amide bonds. The second-order valence-corrected chi connectivity index (χ2v) is 8.12. The van der Waals surface area contributed by atoms with Gasteiger partial charge in [-0.2, -0.15) is 0 Å². The average molecular weight is 390 g/mol. The van der Waals surface area contributed by atoms with Crippen LogP contribution in [0.5, 0.6) is 0 Å². The van der Waals surface area contributed by atoms with Crippen LogP contribution >= 0.6 is 11.3 Å². The molecule has 7 heteroatoms. The molecule has 5 rings (SSSR count). The molecule has 140 valence electrons. The molecule has 0 saturated carbocycles. The van der Waals surface area contributed by atoms with Crippen LogP contribution in [0.3, 0.4) is 0 Å². The van der Waals surface area contributed by atoms with Gasteiger partial charge in [-0.25, -0.2) is 4.98 Å². The summed E-state index contributed by atoms with van der Waals surface area (Å²) in [6, 6.07) is 13.7. The minimum absolute atomic E-state index is 0.0443. The van der Waals surface area contributed by atoms with Gasteiger partial charge >= 0.3 is 0 Å². The van der Waals surface area contributed by atoms with Crippen molar-refractivity contribution in [3.8, 4) is 0 Å². The third-order valence-corrected chi connectivity index (χ3v) is 6.15. The van der Waals surface area contributed by atoms with Crippen molar-refractivity contribution in [2.45, 2.75) is 6.92 Å². The van der Waals surface area contributed by atoms with E-state index < -0.39 is 0 Å². The number of carbonyl (C=O) groups is 2. The van der Waals surface area contributed by atoms with Gasteiger partial charge in [0.1, 0.15) is 0 Å². The van der Waals surface area contributed by atoms with E-state index in [1.54, 1.807) is 11.1 Å². The fourth-order valence-electron chi connectivity index (χ4n) is 3.58. The SMILES string of the molecule is Cc1cccc2sc(NC(=O)C3CN(C(=O)c4c[nH]c5ccccc45)C3)nc12. The summed E-state index contributed by atoms with van der Waals surface area (Å²) in [4.78, 5) is 34.6. The van der Waals surface area contributed by atoms with Crippen LogP contribution in [0.2, 0.25) is 0 Å². The van der Waals surface area contributed by atoms with Gasteiger partial charge in [-0.1, -0.05) is 41.7 Å². The van der Waals surface area contributed by atoms with Gasteiger partial charge in [0.05, 0.1) is 21.7 Å². The lowest BCUT2D eigenvalue weighted by Gasteiger charge is -2.37. The fraction of sp³-hybridized carbons (Fsp3) is 0.190. The van der Waals surface area contributed by atoms with Crippen LogP contribution in [0.4, 0.5) is 5.13 Å². The monoisotopic (exact) mass is 390 g/mol. The number of thiazole rings is 1. The number of hydrogen-bond donors (Lipinski definition) is 2. The van der Waals surface area contributed by atoms with Gasteiger partial charge in [-0.15, -0.1) is 0 Å². The van der Waals surface area contributed by atoms with E-state index in [2.05, 4.69) is 15.3 Å². The normalized spacial score (nSPS) is 14.4. The van der Waals surface area contributed by atoms with E-state index >= 15 is 0 Å². The number of hydrogen-bond acceptors (Lipinski definition) is 4. The van der Waals surface area contributed by atoms with Crippen LogP contribution in [-0.4, -0.2) is 39.8 Å². The van der Waals surface area contributed by atoms with Crippen molar-refractivity contribution in [1.82, 2.24) is 14.9 Å². The number of nitrogens with one attached hydrogen (secondary N) is 2. The zero-order valence-electron chi connectivity index (χ0n) is 15.2. The molecule has 4 aromatic rings. The van der Waals surface area contributed by atoms with Crippen molar-refractivity contribution in [2.24, 2.45) is 5.92 Å². The molecular formula is C21H18N4O2S. The molecule has 0 atom stereocenters. The summed E-state index contributed by atoms with van der Waals surface area (Å²) in [6.07, 6.45) is 1.74. The molecule has 2 aromatic carbocycles. The van der Waals surface area contributed by atoms with Crippen LogP contribution in [0.15, 0.2) is 48.7 Å². The summed E-state index contributed by atoms with van der Waals surface area (Å²) in [5.74, 6) is -0.334. The van der Waals surface area contributed by atoms with E-state index in [0.29, 0.717) is 23.8 Å². The molecule has 0 radical (unpaired) electrons. The molecule has 2 aromatic heterocycles. The van der Waals surface area contributed by atoms with E-state index in [-0.39, 0.29) is 17.7 Å². The molecule has 0 aliphatic carbocycles. The van der Waals surface area contributed by atoms with Crippen molar-refractivity contribution >= 4 is 49.4 Å². The predicted octanol–water partition coefficient (Wildman–Crippen LogP) is 3.80. The number of carbonyl (C=O) groups excluding carboxylic acids is 2. The van der Waals surface area contributed by atoms with Crippen LogP contribution in [0, 0.1) is 12.8 Å². The lowest BCUT2D eigenvalue weighted by Crippen LogP contribution is -2.54. The first-order valence-corrected chi connectivity index (χ1v) is 9.94. The summed E-state index contributed by atoms with van der Waals surface area (Å²) < 4.78 is 1.06. The molecule has 6 nitrogen and oxygen atoms in total. The summed E-state index contributed by atoms with van der Waals surface area (Å²) in [7, 11) is 0. The maximum absolute atomic E-state index is 12.7. The number of aryl methyl sites for hydroxylation is 1. The lowest BCUT2D eigenvalue weighted by atomic mass is 9.98. The van der Waals surface area contributed by atoms with Gasteiger partial charge in [-0.3, -0.25) is 9.59 Å². The van der Waals surface area contributed by atoms with Crippen LogP contribution < -0.4 is 5.32 Å². The zero-order valence-corrected chi connectivity index (χ0v) is 16.0. The summed E-state index contributed by atoms with van der Waals surface area (Å²) >= 11 is 1.47. The number of likely N-dealkylation sites (tertiary alicyclic amines) is 1. The smallest absolute Gasteiger partial charge is 0.256 e. The highest BCUT2D eigenvalue weighted by Crippen LogP contribution is 2.29. The van der Waals surface area contributed by atoms with Crippen molar-refractivity contribution in [3.63, 3.8) is 0 Å². The number of H-pyrrole nitrogens is 1. The Bertz CT molecular complexity index is 1220. The molecule has 3 heterocycles. The largest absolute Gasteiger partial charge is 0.360 e. The first kappa shape index (κ1) is 16.9. The highest BCUT2D eigenvalue weighted by Gasteiger charge is 2.37. The first-order valence-electron chi connectivity index (χ1n) is 9.12. The van der Waals surface area contributed by atoms with Gasteiger partial charge < -0.3 is 15.2 Å². The number of benzene rings is 2. The molecule has 0 spiro atoms. The molecule has 28 heavy (non-hydrogen) atoms. The number of rotatable bonds is 3. The number of aromatic amines is 1. The number of aromatic nitrogens is 2. The highest BCUT2D eigenvalue weighted by atomic mass is 32.1. The molecule has 0 bridgehead atoms. The second kappa shape index (κ2) is 6.45. The lowest BCUT2D eigenvalue weighted by molar-refractivity contribution is -0.123. The van der Waals surface area contributed by atoms with Gasteiger partial charge in [0.2, 0.25) is 5.91 Å². The summed E-state index contributed by atoms with van der Waals surface area (Å²) in [6.45, 7) is 2.86. The second-order valence-electron chi connectivity index (χ2n) is 7.08. The molecule has 1 aliphatic heterocycles. The van der Waals surface area contributed by atoms with E-state index in [9.17, 15) is 9.59 Å². The van der Waals surface area contributed by atoms with E-state index in [0.717, 1.165) is 26.7 Å². The Labute approximate surface area is 165 Å². The van der Waals surface area contributed by atoms with E-state index in [1.165, 1.54) is 11.3 Å². The summed E-state index contributed by atoms with van der Waals surface area (Å²) in [5, 5.41) is 4.42. The first-order chi connectivity index (χ1) is 13.6. The maximum atomic E-state index is 12.7. The highest BCUT2D eigenvalue weighted by molar-refractivity contribution is 7.22. The van der Waals surface area contributed by atoms with Crippen molar-refractivity contribution < 1.29 is 9.59 Å². The Hall–Kier alpha value is -3.19. The van der Waals surface area contributed by atoms with E-state index in [1.807, 2.05) is 49.4 Å². The molecule has 1 aliphatic rings. The quantitative estimate of drug-likeness (QED) is 0.559. The fourth-order valence-corrected chi connectivity index (χ4v) is 4.52. The van der Waals surface area contributed by atoms with Crippen LogP contribution in [0.1, 0.15) is 15.9 Å². The van der Waals surface area contributed by atoms with Crippen molar-refractivity contribution in [3.05, 3.63) is 59.8 Å². The Morgan fingerprint density at radius 3 is 2.82 bits per heavy atom. The topological polar surface area (TPSA) is 78.1 Å². The minimum Gasteiger partial charge on any atom is -0.360 e. The Kier molecular flexibility index (Phi) is 3.91. The minimum atomic E-state index is -0.206. The number of nitrogens with zero attached hydrogens (tertiary/aromatic N) is 2. The predicted molar refractivity (Wildman–Crippen MR) is 111 cm³/mol. The number of anilines is 1. The Balaban J connectivity index is 1.25. The van der Waals surface area contributed by atoms with Crippen molar-refractivity contribution in [1.29, 1.82) is 0 Å². The van der Waals surface area contributed by atoms with Gasteiger partial charge in [-0.05, 0) is 24.6 Å². The molecule has 2 N–H and O–H groups in total. The van der Waals surface area contributed by atoms with E-state index in [4.69, 9.17) is 0 Å². The molecule has 1 saturated heterocycles. The molecule has 0 unspecified atom stereocenters. The molecule has 1 fully saturated rings. The standard InChI is InChI=1S/C21H18N4O2S/c1-12-5-4-8-17-18(12)23-21(28-17)24-19(26)13-10-25(11-13)20(27)15-9-22-16-7-3-2-6-14(15)16/h2-9,13,22H,10-11H2,1H3,(H,23,24,26). The third-order valence-electron chi connectivity index (χ3n) is 5.21. The van der Waals surface area contributed by atoms with Gasteiger partial charge in [0, 0.05) is 30.2 Å².